The highest BCUT2D eigenvalue weighted by Gasteiger charge is 2.40. The van der Waals surface area contributed by atoms with Gasteiger partial charge in [0.15, 0.2) is 11.6 Å². The Morgan fingerprint density at radius 3 is 2.46 bits per heavy atom. The molecule has 1 fully saturated rings. The van der Waals surface area contributed by atoms with Crippen molar-refractivity contribution in [3.8, 4) is 5.75 Å². The summed E-state index contributed by atoms with van der Waals surface area (Å²) < 4.78 is 60.6. The predicted octanol–water partition coefficient (Wildman–Crippen LogP) is 5.40. The lowest BCUT2D eigenvalue weighted by Crippen LogP contribution is -2.45. The van der Waals surface area contributed by atoms with Crippen molar-refractivity contribution >= 4 is 22.6 Å². The number of aryl methyl sites for hydroxylation is 1. The van der Waals surface area contributed by atoms with Crippen LogP contribution in [0.2, 0.25) is 0 Å². The molecule has 1 aliphatic heterocycles. The van der Waals surface area contributed by atoms with Crippen LogP contribution >= 0.6 is 0 Å². The van der Waals surface area contributed by atoms with E-state index in [1.165, 1.54) is 13.3 Å². The number of hydrogen-bond acceptors (Lipinski definition) is 5. The zero-order valence-electron chi connectivity index (χ0n) is 20.5. The Hall–Kier alpha value is -3.40. The van der Waals surface area contributed by atoms with E-state index in [0.29, 0.717) is 86.1 Å². The number of carboxylic acids is 1. The van der Waals surface area contributed by atoms with Crippen LogP contribution in [0, 0.1) is 28.7 Å². The Balaban J connectivity index is 1.33. The van der Waals surface area contributed by atoms with E-state index in [9.17, 15) is 27.5 Å². The van der Waals surface area contributed by atoms with Crippen LogP contribution in [0.1, 0.15) is 31.2 Å². The first kappa shape index (κ1) is 26.7. The maximum absolute atomic E-state index is 14.6. The third-order valence-corrected chi connectivity index (χ3v) is 7.22. The van der Waals surface area contributed by atoms with Crippen LogP contribution in [-0.2, 0) is 11.2 Å². The van der Waals surface area contributed by atoms with E-state index in [1.54, 1.807) is 18.2 Å². The molecule has 2 heterocycles. The minimum atomic E-state index is -1.00. The van der Waals surface area contributed by atoms with Crippen LogP contribution in [-0.4, -0.2) is 54.2 Å². The van der Waals surface area contributed by atoms with Gasteiger partial charge >= 0.3 is 5.97 Å². The van der Waals surface area contributed by atoms with Gasteiger partial charge in [0.05, 0.1) is 24.2 Å². The number of halogens is 4. The number of benzene rings is 2. The van der Waals surface area contributed by atoms with Crippen LogP contribution in [0.15, 0.2) is 36.5 Å². The normalized spacial score (nSPS) is 15.6. The van der Waals surface area contributed by atoms with E-state index < -0.39 is 34.7 Å². The van der Waals surface area contributed by atoms with E-state index >= 15 is 0 Å². The van der Waals surface area contributed by atoms with Crippen LogP contribution in [0.4, 0.5) is 23.2 Å². The fourth-order valence-electron chi connectivity index (χ4n) is 5.01. The van der Waals surface area contributed by atoms with Crippen molar-refractivity contribution in [1.29, 1.82) is 0 Å². The monoisotopic (exact) mass is 519 g/mol. The fraction of sp³-hybridized carbons (Fsp3) is 0.407. The maximum atomic E-state index is 14.6. The van der Waals surface area contributed by atoms with E-state index in [-0.39, 0.29) is 12.2 Å². The zero-order chi connectivity index (χ0) is 26.6. The first-order valence-corrected chi connectivity index (χ1v) is 12.2. The summed E-state index contributed by atoms with van der Waals surface area (Å²) in [5, 5.41) is 13.3. The minimum absolute atomic E-state index is 0.220. The highest BCUT2D eigenvalue weighted by atomic mass is 19.1. The van der Waals surface area contributed by atoms with Gasteiger partial charge in [0, 0.05) is 30.6 Å². The van der Waals surface area contributed by atoms with Crippen molar-refractivity contribution in [3.63, 3.8) is 0 Å². The maximum Gasteiger partial charge on any atom is 0.309 e. The number of likely N-dealkylation sites (tertiary alicyclic amines) is 1. The molecular weight excluding hydrogens is 490 g/mol. The van der Waals surface area contributed by atoms with Crippen molar-refractivity contribution in [1.82, 2.24) is 9.88 Å². The molecule has 198 valence electrons. The van der Waals surface area contributed by atoms with Crippen molar-refractivity contribution in [2.75, 3.05) is 38.6 Å². The third kappa shape index (κ3) is 5.95. The van der Waals surface area contributed by atoms with Crippen molar-refractivity contribution in [3.05, 3.63) is 65.4 Å². The predicted molar refractivity (Wildman–Crippen MR) is 132 cm³/mol. The number of anilines is 1. The summed E-state index contributed by atoms with van der Waals surface area (Å²) in [5.74, 6) is -3.70. The van der Waals surface area contributed by atoms with Gasteiger partial charge in [-0.1, -0.05) is 0 Å². The Morgan fingerprint density at radius 2 is 1.81 bits per heavy atom. The lowest BCUT2D eigenvalue weighted by molar-refractivity contribution is -0.152. The van der Waals surface area contributed by atoms with Crippen molar-refractivity contribution < 1.29 is 32.2 Å². The molecular formula is C27H29F4N3O3. The number of rotatable bonds is 10. The summed E-state index contributed by atoms with van der Waals surface area (Å²) in [6.45, 7) is 1.68. The number of pyridine rings is 1. The summed E-state index contributed by atoms with van der Waals surface area (Å²) >= 11 is 0. The highest BCUT2D eigenvalue weighted by Crippen LogP contribution is 2.37. The first-order valence-electron chi connectivity index (χ1n) is 12.2. The van der Waals surface area contributed by atoms with Crippen LogP contribution < -0.4 is 10.1 Å². The largest absolute Gasteiger partial charge is 0.497 e. The van der Waals surface area contributed by atoms with Crippen LogP contribution in [0.25, 0.3) is 10.9 Å². The Bertz CT molecular complexity index is 1260. The summed E-state index contributed by atoms with van der Waals surface area (Å²) in [6, 6.07) is 6.49. The zero-order valence-corrected chi connectivity index (χ0v) is 20.5. The average Bonchev–Trinajstić information content (AvgIpc) is 2.87. The van der Waals surface area contributed by atoms with Crippen LogP contribution in [0.3, 0.4) is 0 Å². The number of hydrogen-bond donors (Lipinski definition) is 2. The minimum Gasteiger partial charge on any atom is -0.497 e. The lowest BCUT2D eigenvalue weighted by Gasteiger charge is -2.39. The van der Waals surface area contributed by atoms with Gasteiger partial charge in [-0.05, 0) is 69.0 Å². The molecule has 1 aliphatic rings. The number of methoxy groups -OCH3 is 1. The average molecular weight is 520 g/mol. The fourth-order valence-corrected chi connectivity index (χ4v) is 5.01. The lowest BCUT2D eigenvalue weighted by atomic mass is 9.74. The van der Waals surface area contributed by atoms with E-state index in [0.717, 1.165) is 0 Å². The van der Waals surface area contributed by atoms with Crippen molar-refractivity contribution in [2.24, 2.45) is 5.41 Å². The molecule has 0 saturated carbocycles. The molecule has 0 spiro atoms. The summed E-state index contributed by atoms with van der Waals surface area (Å²) in [5.41, 5.74) is -0.164. The smallest absolute Gasteiger partial charge is 0.309 e. The van der Waals surface area contributed by atoms with Gasteiger partial charge in [-0.3, -0.25) is 9.78 Å². The van der Waals surface area contributed by atoms with E-state index in [2.05, 4.69) is 10.3 Å². The number of fused-ring (bicyclic) bond motifs is 1. The summed E-state index contributed by atoms with van der Waals surface area (Å²) in [7, 11) is 1.53. The van der Waals surface area contributed by atoms with Gasteiger partial charge in [-0.2, -0.15) is 0 Å². The molecule has 2 aromatic carbocycles. The second-order valence-electron chi connectivity index (χ2n) is 9.42. The molecule has 1 aromatic heterocycles. The topological polar surface area (TPSA) is 74.7 Å². The number of aliphatic carboxylic acids is 1. The molecule has 6 nitrogen and oxygen atoms in total. The highest BCUT2D eigenvalue weighted by molar-refractivity contribution is 5.83. The third-order valence-electron chi connectivity index (χ3n) is 7.22. The van der Waals surface area contributed by atoms with Crippen molar-refractivity contribution in [2.45, 2.75) is 32.1 Å². The number of piperidine rings is 1. The number of ether oxygens (including phenoxy) is 1. The molecule has 0 bridgehead atoms. The number of nitrogens with zero attached hydrogens (tertiary/aromatic N) is 2. The molecule has 0 amide bonds. The molecule has 37 heavy (non-hydrogen) atoms. The van der Waals surface area contributed by atoms with Gasteiger partial charge in [-0.15, -0.1) is 0 Å². The molecule has 0 atom stereocenters. The number of nitrogens with one attached hydrogen (secondary N) is 1. The first-order chi connectivity index (χ1) is 17.7. The molecule has 3 aromatic rings. The van der Waals surface area contributed by atoms with Gasteiger partial charge in [0.1, 0.15) is 23.1 Å². The molecule has 1 saturated heterocycles. The van der Waals surface area contributed by atoms with Gasteiger partial charge in [-0.25, -0.2) is 17.6 Å². The molecule has 10 heteroatoms. The molecule has 2 N–H and O–H groups in total. The molecule has 4 rings (SSSR count). The van der Waals surface area contributed by atoms with Gasteiger partial charge < -0.3 is 20.1 Å². The Kier molecular flexibility index (Phi) is 8.16. The summed E-state index contributed by atoms with van der Waals surface area (Å²) in [6.07, 6.45) is 3.27. The Morgan fingerprint density at radius 1 is 1.11 bits per heavy atom. The second kappa shape index (κ2) is 11.3. The van der Waals surface area contributed by atoms with Crippen LogP contribution in [0.5, 0.6) is 5.75 Å². The van der Waals surface area contributed by atoms with E-state index in [1.807, 2.05) is 4.90 Å². The van der Waals surface area contributed by atoms with Gasteiger partial charge in [0.25, 0.3) is 0 Å². The quantitative estimate of drug-likeness (QED) is 0.350. The number of carbonyl (C=O) groups is 1. The second-order valence-corrected chi connectivity index (χ2v) is 9.42. The van der Waals surface area contributed by atoms with E-state index in [4.69, 9.17) is 4.74 Å². The molecule has 0 radical (unpaired) electrons. The number of carboxylic acid groups (broad SMARTS) is 1. The standard InChI is InChI=1S/C27H29F4N3O3/c1-37-18-4-5-24-20(15-18)19(23(31)16-33-24)3-2-6-27(26(35)36)7-10-34(11-8-27)12-9-32-25-21(29)13-17(28)14-22(25)30/h4-5,13-16,32H,2-3,6-12H2,1H3,(H,35,36). The summed E-state index contributed by atoms with van der Waals surface area (Å²) in [4.78, 5) is 18.4. The van der Waals surface area contributed by atoms with Gasteiger partial charge in [0.2, 0.25) is 0 Å². The number of aromatic nitrogens is 1. The molecule has 0 unspecified atom stereocenters. The Labute approximate surface area is 212 Å². The molecule has 0 aliphatic carbocycles. The SMILES string of the molecule is COc1ccc2ncc(F)c(CCCC3(C(=O)O)CCN(CCNc4c(F)cc(F)cc4F)CC3)c2c1.